The molecule has 1 N–H and O–H groups in total. The van der Waals surface area contributed by atoms with Crippen molar-refractivity contribution in [2.45, 2.75) is 13.0 Å². The number of carboxylic acid groups (broad SMARTS) is 1. The molecule has 0 aliphatic carbocycles. The molecule has 0 radical (unpaired) electrons. The van der Waals surface area contributed by atoms with Crippen molar-refractivity contribution < 1.29 is 19.0 Å². The lowest BCUT2D eigenvalue weighted by atomic mass is 10.3. The second-order valence-corrected chi connectivity index (χ2v) is 3.59. The van der Waals surface area contributed by atoms with Crippen molar-refractivity contribution in [3.8, 4) is 5.75 Å². The topological polar surface area (TPSA) is 46.5 Å². The van der Waals surface area contributed by atoms with E-state index in [1.807, 2.05) is 0 Å². The zero-order valence-corrected chi connectivity index (χ0v) is 8.92. The van der Waals surface area contributed by atoms with E-state index in [9.17, 15) is 9.18 Å². The van der Waals surface area contributed by atoms with Crippen molar-refractivity contribution in [2.24, 2.45) is 0 Å². The van der Waals surface area contributed by atoms with Crippen LogP contribution in [0.4, 0.5) is 4.39 Å². The highest BCUT2D eigenvalue weighted by Gasteiger charge is 2.14. The minimum absolute atomic E-state index is 0.0747. The van der Waals surface area contributed by atoms with Gasteiger partial charge in [0.25, 0.3) is 0 Å². The first-order chi connectivity index (χ1) is 6.50. The van der Waals surface area contributed by atoms with Gasteiger partial charge in [-0.05, 0) is 25.1 Å². The van der Waals surface area contributed by atoms with Crippen molar-refractivity contribution in [3.63, 3.8) is 0 Å². The molecule has 0 fully saturated rings. The third-order valence-electron chi connectivity index (χ3n) is 1.54. The van der Waals surface area contributed by atoms with E-state index in [0.717, 1.165) is 0 Å². The highest BCUT2D eigenvalue weighted by Crippen LogP contribution is 2.23. The Balaban J connectivity index is 2.85. The molecule has 76 valence electrons. The molecule has 0 amide bonds. The van der Waals surface area contributed by atoms with Gasteiger partial charge in [0.05, 0.1) is 0 Å². The summed E-state index contributed by atoms with van der Waals surface area (Å²) in [5, 5.41) is 8.54. The van der Waals surface area contributed by atoms with Crippen LogP contribution in [0.3, 0.4) is 0 Å². The van der Waals surface area contributed by atoms with Crippen molar-refractivity contribution in [1.82, 2.24) is 0 Å². The molecule has 1 aromatic rings. The Bertz CT molecular complexity index is 354. The summed E-state index contributed by atoms with van der Waals surface area (Å²) in [5.74, 6) is -1.79. The maximum absolute atomic E-state index is 13.1. The third-order valence-corrected chi connectivity index (χ3v) is 2.04. The average Bonchev–Trinajstić information content (AvgIpc) is 2.11. The van der Waals surface area contributed by atoms with E-state index in [2.05, 4.69) is 15.9 Å². The standard InChI is InChI=1S/C9H8BrFO3/c1-5(9(12)13)14-8-4-6(10)2-3-7(8)11/h2-5H,1H3,(H,12,13)/t5-/m0/s1. The quantitative estimate of drug-likeness (QED) is 0.910. The smallest absolute Gasteiger partial charge is 0.344 e. The first-order valence-electron chi connectivity index (χ1n) is 3.85. The van der Waals surface area contributed by atoms with Crippen molar-refractivity contribution >= 4 is 21.9 Å². The van der Waals surface area contributed by atoms with E-state index in [-0.39, 0.29) is 5.75 Å². The zero-order chi connectivity index (χ0) is 10.7. The van der Waals surface area contributed by atoms with Gasteiger partial charge in [0.2, 0.25) is 0 Å². The van der Waals surface area contributed by atoms with Crippen LogP contribution in [-0.2, 0) is 4.79 Å². The maximum atomic E-state index is 13.1. The Morgan fingerprint density at radius 2 is 2.29 bits per heavy atom. The molecule has 0 unspecified atom stereocenters. The lowest BCUT2D eigenvalue weighted by Gasteiger charge is -2.10. The van der Waals surface area contributed by atoms with Crippen LogP contribution >= 0.6 is 15.9 Å². The fourth-order valence-electron chi connectivity index (χ4n) is 0.808. The number of ether oxygens (including phenoxy) is 1. The minimum Gasteiger partial charge on any atom is -0.479 e. The molecule has 0 aliphatic heterocycles. The summed E-state index contributed by atoms with van der Waals surface area (Å²) >= 11 is 3.13. The molecule has 0 spiro atoms. The average molecular weight is 263 g/mol. The normalized spacial score (nSPS) is 12.2. The second kappa shape index (κ2) is 4.41. The van der Waals surface area contributed by atoms with E-state index < -0.39 is 17.9 Å². The Morgan fingerprint density at radius 3 is 2.86 bits per heavy atom. The molecule has 1 rings (SSSR count). The first-order valence-corrected chi connectivity index (χ1v) is 4.64. The Hall–Kier alpha value is -1.10. The van der Waals surface area contributed by atoms with E-state index in [1.165, 1.54) is 25.1 Å². The Labute approximate surface area is 88.6 Å². The minimum atomic E-state index is -1.13. The number of carbonyl (C=O) groups is 1. The van der Waals surface area contributed by atoms with Gasteiger partial charge < -0.3 is 9.84 Å². The molecule has 3 nitrogen and oxygen atoms in total. The summed E-state index contributed by atoms with van der Waals surface area (Å²) in [5.41, 5.74) is 0. The van der Waals surface area contributed by atoms with Gasteiger partial charge >= 0.3 is 5.97 Å². The number of hydrogen-bond acceptors (Lipinski definition) is 2. The van der Waals surface area contributed by atoms with Crippen LogP contribution in [0.15, 0.2) is 22.7 Å². The molecule has 1 aromatic carbocycles. The van der Waals surface area contributed by atoms with Gasteiger partial charge in [-0.1, -0.05) is 15.9 Å². The lowest BCUT2D eigenvalue weighted by molar-refractivity contribution is -0.144. The van der Waals surface area contributed by atoms with Gasteiger partial charge in [-0.3, -0.25) is 0 Å². The summed E-state index contributed by atoms with van der Waals surface area (Å²) in [7, 11) is 0. The predicted octanol–water partition coefficient (Wildman–Crippen LogP) is 2.44. The van der Waals surface area contributed by atoms with Crippen molar-refractivity contribution in [1.29, 1.82) is 0 Å². The van der Waals surface area contributed by atoms with Crippen LogP contribution in [0.1, 0.15) is 6.92 Å². The summed E-state index contributed by atoms with van der Waals surface area (Å²) in [6.07, 6.45) is -1.07. The highest BCUT2D eigenvalue weighted by atomic mass is 79.9. The number of aliphatic carboxylic acids is 1. The first kappa shape index (κ1) is 11.0. The van der Waals surface area contributed by atoms with Crippen LogP contribution in [0.2, 0.25) is 0 Å². The van der Waals surface area contributed by atoms with Gasteiger partial charge in [-0.25, -0.2) is 9.18 Å². The molecule has 0 saturated heterocycles. The van der Waals surface area contributed by atoms with Crippen LogP contribution in [-0.4, -0.2) is 17.2 Å². The van der Waals surface area contributed by atoms with Gasteiger partial charge in [-0.15, -0.1) is 0 Å². The monoisotopic (exact) mass is 262 g/mol. The fraction of sp³-hybridized carbons (Fsp3) is 0.222. The molecule has 0 heterocycles. The van der Waals surface area contributed by atoms with E-state index in [0.29, 0.717) is 4.47 Å². The molecular weight excluding hydrogens is 255 g/mol. The summed E-state index contributed by atoms with van der Waals surface area (Å²) < 4.78 is 18.6. The number of carboxylic acids is 1. The third kappa shape index (κ3) is 2.70. The number of benzene rings is 1. The van der Waals surface area contributed by atoms with Crippen molar-refractivity contribution in [3.05, 3.63) is 28.5 Å². The molecule has 0 aromatic heterocycles. The molecule has 5 heteroatoms. The molecule has 0 bridgehead atoms. The number of rotatable bonds is 3. The van der Waals surface area contributed by atoms with Crippen LogP contribution in [0.5, 0.6) is 5.75 Å². The van der Waals surface area contributed by atoms with Crippen molar-refractivity contribution in [2.75, 3.05) is 0 Å². The Kier molecular flexibility index (Phi) is 3.46. The van der Waals surface area contributed by atoms with E-state index >= 15 is 0 Å². The fourth-order valence-corrected chi connectivity index (χ4v) is 1.15. The highest BCUT2D eigenvalue weighted by molar-refractivity contribution is 9.10. The number of halogens is 2. The van der Waals surface area contributed by atoms with E-state index in [1.54, 1.807) is 0 Å². The summed E-state index contributed by atoms with van der Waals surface area (Å²) in [6, 6.07) is 4.09. The SMILES string of the molecule is C[C@H](Oc1cc(Br)ccc1F)C(=O)O. The largest absolute Gasteiger partial charge is 0.479 e. The predicted molar refractivity (Wildman–Crippen MR) is 51.8 cm³/mol. The van der Waals surface area contributed by atoms with Gasteiger partial charge in [0.1, 0.15) is 0 Å². The molecule has 1 atom stereocenters. The maximum Gasteiger partial charge on any atom is 0.344 e. The summed E-state index contributed by atoms with van der Waals surface area (Å²) in [6.45, 7) is 1.34. The van der Waals surface area contributed by atoms with Gasteiger partial charge in [0, 0.05) is 4.47 Å². The van der Waals surface area contributed by atoms with E-state index in [4.69, 9.17) is 9.84 Å². The Morgan fingerprint density at radius 1 is 1.64 bits per heavy atom. The molecule has 0 saturated carbocycles. The van der Waals surface area contributed by atoms with Gasteiger partial charge in [-0.2, -0.15) is 0 Å². The molecule has 0 aliphatic rings. The van der Waals surface area contributed by atoms with Crippen LogP contribution in [0, 0.1) is 5.82 Å². The lowest BCUT2D eigenvalue weighted by Crippen LogP contribution is -2.23. The van der Waals surface area contributed by atoms with Crippen LogP contribution in [0.25, 0.3) is 0 Å². The van der Waals surface area contributed by atoms with Crippen LogP contribution < -0.4 is 4.74 Å². The summed E-state index contributed by atoms with van der Waals surface area (Å²) in [4.78, 5) is 10.4. The molecular formula is C9H8BrFO3. The molecule has 14 heavy (non-hydrogen) atoms. The van der Waals surface area contributed by atoms with Gasteiger partial charge in [0.15, 0.2) is 17.7 Å². The second-order valence-electron chi connectivity index (χ2n) is 2.67. The number of hydrogen-bond donors (Lipinski definition) is 1. The zero-order valence-electron chi connectivity index (χ0n) is 7.33.